The third-order valence-electron chi connectivity index (χ3n) is 2.11. The Hall–Kier alpha value is -0.0400. The van der Waals surface area contributed by atoms with Crippen molar-refractivity contribution in [1.29, 1.82) is 0 Å². The molecule has 0 aromatic rings. The molecule has 0 N–H and O–H groups in total. The zero-order chi connectivity index (χ0) is 4.91. The van der Waals surface area contributed by atoms with Crippen molar-refractivity contribution in [2.75, 3.05) is 6.61 Å². The second-order valence-electron chi connectivity index (χ2n) is 3.04. The molecule has 0 unspecified atom stereocenters. The molecule has 0 radical (unpaired) electrons. The van der Waals surface area contributed by atoms with Crippen molar-refractivity contribution >= 4 is 0 Å². The molecule has 0 aromatic heterocycles. The van der Waals surface area contributed by atoms with Crippen molar-refractivity contribution in [1.82, 2.24) is 0 Å². The number of ether oxygens (including phenoxy) is 1. The van der Waals surface area contributed by atoms with Gasteiger partial charge in [0.2, 0.25) is 0 Å². The van der Waals surface area contributed by atoms with Crippen molar-refractivity contribution in [3.63, 3.8) is 0 Å². The standard InChI is InChI=1S/C6H10O/c1-6-2-5(3-6)4-7-6/h5H,2-4H2,1H3. The molecule has 3 fully saturated rings. The van der Waals surface area contributed by atoms with Gasteiger partial charge in [0.15, 0.2) is 0 Å². The van der Waals surface area contributed by atoms with Gasteiger partial charge in [-0.1, -0.05) is 0 Å². The molecular formula is C6H10O. The van der Waals surface area contributed by atoms with E-state index in [1.807, 2.05) is 0 Å². The van der Waals surface area contributed by atoms with Gasteiger partial charge in [-0.3, -0.25) is 0 Å². The third kappa shape index (κ3) is 0.367. The average molecular weight is 98.1 g/mol. The summed E-state index contributed by atoms with van der Waals surface area (Å²) in [5.41, 5.74) is 0.338. The van der Waals surface area contributed by atoms with E-state index in [2.05, 4.69) is 6.92 Å². The minimum Gasteiger partial charge on any atom is -0.375 e. The summed E-state index contributed by atoms with van der Waals surface area (Å²) in [6.07, 6.45) is 2.65. The fourth-order valence-electron chi connectivity index (χ4n) is 1.72. The van der Waals surface area contributed by atoms with E-state index in [0.29, 0.717) is 5.60 Å². The zero-order valence-corrected chi connectivity index (χ0v) is 4.61. The van der Waals surface area contributed by atoms with Crippen LogP contribution in [-0.4, -0.2) is 12.2 Å². The molecule has 3 rings (SSSR count). The van der Waals surface area contributed by atoms with Gasteiger partial charge in [-0.25, -0.2) is 0 Å². The van der Waals surface area contributed by atoms with Crippen molar-refractivity contribution in [2.45, 2.75) is 25.4 Å². The largest absolute Gasteiger partial charge is 0.375 e. The normalized spacial score (nSPS) is 57.0. The minimum atomic E-state index is 0.338. The summed E-state index contributed by atoms with van der Waals surface area (Å²) < 4.78 is 5.41. The number of rotatable bonds is 0. The van der Waals surface area contributed by atoms with Crippen LogP contribution in [0.1, 0.15) is 19.8 Å². The molecule has 0 aromatic carbocycles. The highest BCUT2D eigenvalue weighted by Crippen LogP contribution is 2.47. The van der Waals surface area contributed by atoms with E-state index in [-0.39, 0.29) is 0 Å². The first-order valence-corrected chi connectivity index (χ1v) is 2.92. The second kappa shape index (κ2) is 0.873. The SMILES string of the molecule is CC12CC(CO1)C2. The highest BCUT2D eigenvalue weighted by atomic mass is 16.5. The molecule has 2 bridgehead atoms. The molecule has 2 heterocycles. The van der Waals surface area contributed by atoms with Crippen LogP contribution in [0, 0.1) is 5.92 Å². The van der Waals surface area contributed by atoms with Gasteiger partial charge in [-0.05, 0) is 25.7 Å². The van der Waals surface area contributed by atoms with E-state index in [1.54, 1.807) is 0 Å². The first-order valence-electron chi connectivity index (χ1n) is 2.92. The van der Waals surface area contributed by atoms with Crippen LogP contribution in [0.5, 0.6) is 0 Å². The number of hydrogen-bond acceptors (Lipinski definition) is 1. The first-order chi connectivity index (χ1) is 3.29. The lowest BCUT2D eigenvalue weighted by atomic mass is 9.76. The predicted molar refractivity (Wildman–Crippen MR) is 27.1 cm³/mol. The monoisotopic (exact) mass is 98.1 g/mol. The van der Waals surface area contributed by atoms with Gasteiger partial charge in [0, 0.05) is 0 Å². The highest BCUT2D eigenvalue weighted by molar-refractivity contribution is 4.97. The third-order valence-corrected chi connectivity index (χ3v) is 2.11. The van der Waals surface area contributed by atoms with Gasteiger partial charge >= 0.3 is 0 Å². The molecule has 0 amide bonds. The molecule has 3 aliphatic rings. The van der Waals surface area contributed by atoms with Crippen molar-refractivity contribution in [2.24, 2.45) is 5.92 Å². The topological polar surface area (TPSA) is 9.23 Å². The summed E-state index contributed by atoms with van der Waals surface area (Å²) in [5.74, 6) is 0.935. The molecule has 7 heavy (non-hydrogen) atoms. The molecule has 1 saturated carbocycles. The molecular weight excluding hydrogens is 88.1 g/mol. The van der Waals surface area contributed by atoms with E-state index in [9.17, 15) is 0 Å². The van der Waals surface area contributed by atoms with Gasteiger partial charge in [0.05, 0.1) is 12.2 Å². The van der Waals surface area contributed by atoms with Gasteiger partial charge in [-0.2, -0.15) is 0 Å². The summed E-state index contributed by atoms with van der Waals surface area (Å²) in [6.45, 7) is 3.24. The van der Waals surface area contributed by atoms with Crippen LogP contribution in [0.15, 0.2) is 0 Å². The molecule has 0 spiro atoms. The maximum Gasteiger partial charge on any atom is 0.0661 e. The fourth-order valence-corrected chi connectivity index (χ4v) is 1.72. The van der Waals surface area contributed by atoms with E-state index in [4.69, 9.17) is 4.74 Å². The Morgan fingerprint density at radius 1 is 1.57 bits per heavy atom. The van der Waals surface area contributed by atoms with Crippen molar-refractivity contribution in [3.8, 4) is 0 Å². The highest BCUT2D eigenvalue weighted by Gasteiger charge is 2.47. The molecule has 2 saturated heterocycles. The Morgan fingerprint density at radius 3 is 2.43 bits per heavy atom. The van der Waals surface area contributed by atoms with Gasteiger partial charge in [0.25, 0.3) is 0 Å². The van der Waals surface area contributed by atoms with Crippen LogP contribution in [0.2, 0.25) is 0 Å². The average Bonchev–Trinajstić information content (AvgIpc) is 1.88. The summed E-state index contributed by atoms with van der Waals surface area (Å²) >= 11 is 0. The van der Waals surface area contributed by atoms with Crippen molar-refractivity contribution in [3.05, 3.63) is 0 Å². The maximum absolute atomic E-state index is 5.41. The van der Waals surface area contributed by atoms with Crippen LogP contribution < -0.4 is 0 Å². The molecule has 2 aliphatic heterocycles. The van der Waals surface area contributed by atoms with Crippen LogP contribution in [-0.2, 0) is 4.74 Å². The fraction of sp³-hybridized carbons (Fsp3) is 1.00. The summed E-state index contributed by atoms with van der Waals surface area (Å²) in [4.78, 5) is 0. The quantitative estimate of drug-likeness (QED) is 0.442. The van der Waals surface area contributed by atoms with Crippen LogP contribution in [0.4, 0.5) is 0 Å². The molecule has 40 valence electrons. The van der Waals surface area contributed by atoms with E-state index in [1.165, 1.54) is 12.8 Å². The van der Waals surface area contributed by atoms with E-state index >= 15 is 0 Å². The van der Waals surface area contributed by atoms with Crippen LogP contribution in [0.3, 0.4) is 0 Å². The van der Waals surface area contributed by atoms with Gasteiger partial charge in [0.1, 0.15) is 0 Å². The zero-order valence-electron chi connectivity index (χ0n) is 4.61. The lowest BCUT2D eigenvalue weighted by molar-refractivity contribution is 0.0203. The minimum absolute atomic E-state index is 0.338. The van der Waals surface area contributed by atoms with Gasteiger partial charge in [-0.15, -0.1) is 0 Å². The lowest BCUT2D eigenvalue weighted by Crippen LogP contribution is -2.32. The van der Waals surface area contributed by atoms with Gasteiger partial charge < -0.3 is 4.74 Å². The number of hydrogen-bond donors (Lipinski definition) is 0. The van der Waals surface area contributed by atoms with E-state index < -0.39 is 0 Å². The Labute approximate surface area is 43.7 Å². The number of fused-ring (bicyclic) bond motifs is 1. The van der Waals surface area contributed by atoms with E-state index in [0.717, 1.165) is 12.5 Å². The summed E-state index contributed by atoms with van der Waals surface area (Å²) in [6, 6.07) is 0. The first kappa shape index (κ1) is 3.90. The van der Waals surface area contributed by atoms with Crippen molar-refractivity contribution < 1.29 is 4.74 Å². The molecule has 1 heteroatoms. The Morgan fingerprint density at radius 2 is 2.29 bits per heavy atom. The van der Waals surface area contributed by atoms with Crippen LogP contribution >= 0.6 is 0 Å². The Bertz CT molecular complexity index is 86.8. The summed E-state index contributed by atoms with van der Waals surface area (Å²) in [7, 11) is 0. The molecule has 1 aliphatic carbocycles. The second-order valence-corrected chi connectivity index (χ2v) is 3.04. The predicted octanol–water partition coefficient (Wildman–Crippen LogP) is 1.19. The molecule has 1 nitrogen and oxygen atoms in total. The molecule has 0 atom stereocenters. The Balaban J connectivity index is 2.20. The maximum atomic E-state index is 5.41. The smallest absolute Gasteiger partial charge is 0.0661 e. The lowest BCUT2D eigenvalue weighted by Gasteiger charge is -2.31. The van der Waals surface area contributed by atoms with Crippen LogP contribution in [0.25, 0.3) is 0 Å². The Kier molecular flexibility index (Phi) is 0.487. The summed E-state index contributed by atoms with van der Waals surface area (Å²) in [5, 5.41) is 0.